The van der Waals surface area contributed by atoms with E-state index >= 15 is 0 Å². The molecule has 0 saturated carbocycles. The van der Waals surface area contributed by atoms with Crippen molar-refractivity contribution in [3.8, 4) is 6.07 Å². The lowest BCUT2D eigenvalue weighted by Crippen LogP contribution is -2.24. The molecular weight excluding hydrogens is 226 g/mol. The van der Waals surface area contributed by atoms with Gasteiger partial charge in [0, 0.05) is 13.1 Å². The summed E-state index contributed by atoms with van der Waals surface area (Å²) in [6.45, 7) is 4.00. The molecule has 0 aromatic heterocycles. The van der Waals surface area contributed by atoms with Crippen LogP contribution in [0.5, 0.6) is 0 Å². The Labute approximate surface area is 107 Å². The third-order valence-electron chi connectivity index (χ3n) is 2.98. The molecule has 0 spiro atoms. The van der Waals surface area contributed by atoms with Crippen LogP contribution >= 0.6 is 0 Å². The molecule has 18 heavy (non-hydrogen) atoms. The van der Waals surface area contributed by atoms with E-state index in [1.807, 2.05) is 17.1 Å². The minimum atomic E-state index is 0.644. The molecule has 0 amide bonds. The van der Waals surface area contributed by atoms with E-state index in [9.17, 15) is 0 Å². The Bertz CT molecular complexity index is 445. The molecule has 0 aliphatic carbocycles. The molecule has 1 fully saturated rings. The standard InChI is InChI=1S/C13H17N5/c1-17-7-2-8-18(10-9-17)16-15-13-5-3-12(11-14)4-6-13/h3-6H,2,7-10H2,1H3. The molecule has 0 atom stereocenters. The summed E-state index contributed by atoms with van der Waals surface area (Å²) in [5, 5.41) is 19.2. The first-order chi connectivity index (χ1) is 8.78. The fourth-order valence-corrected chi connectivity index (χ4v) is 1.84. The second kappa shape index (κ2) is 6.12. The van der Waals surface area contributed by atoms with E-state index in [1.54, 1.807) is 12.1 Å². The molecule has 94 valence electrons. The van der Waals surface area contributed by atoms with Gasteiger partial charge in [0.25, 0.3) is 0 Å². The zero-order valence-electron chi connectivity index (χ0n) is 10.6. The number of hydrogen-bond donors (Lipinski definition) is 0. The Kier molecular flexibility index (Phi) is 4.26. The molecule has 1 aliphatic rings. The summed E-state index contributed by atoms with van der Waals surface area (Å²) < 4.78 is 0. The maximum absolute atomic E-state index is 8.70. The van der Waals surface area contributed by atoms with Crippen molar-refractivity contribution < 1.29 is 0 Å². The van der Waals surface area contributed by atoms with Crippen molar-refractivity contribution in [3.63, 3.8) is 0 Å². The monoisotopic (exact) mass is 243 g/mol. The molecule has 5 heteroatoms. The van der Waals surface area contributed by atoms with Crippen LogP contribution < -0.4 is 0 Å². The number of likely N-dealkylation sites (N-methyl/N-ethyl adjacent to an activating group) is 1. The summed E-state index contributed by atoms with van der Waals surface area (Å²) >= 11 is 0. The van der Waals surface area contributed by atoms with Gasteiger partial charge in [-0.25, -0.2) is 0 Å². The fraction of sp³-hybridized carbons (Fsp3) is 0.462. The van der Waals surface area contributed by atoms with Gasteiger partial charge in [-0.15, -0.1) is 5.11 Å². The molecule has 2 rings (SSSR count). The molecule has 0 unspecified atom stereocenters. The topological polar surface area (TPSA) is 55.0 Å². The Morgan fingerprint density at radius 1 is 1.11 bits per heavy atom. The first-order valence-electron chi connectivity index (χ1n) is 6.13. The molecule has 0 radical (unpaired) electrons. The number of nitriles is 1. The van der Waals surface area contributed by atoms with Gasteiger partial charge in [0.15, 0.2) is 0 Å². The molecule has 1 aromatic carbocycles. The lowest BCUT2D eigenvalue weighted by molar-refractivity contribution is 0.273. The predicted molar refractivity (Wildman–Crippen MR) is 69.4 cm³/mol. The van der Waals surface area contributed by atoms with Crippen LogP contribution in [-0.2, 0) is 0 Å². The van der Waals surface area contributed by atoms with E-state index in [-0.39, 0.29) is 0 Å². The Balaban J connectivity index is 1.95. The van der Waals surface area contributed by atoms with Gasteiger partial charge >= 0.3 is 0 Å². The van der Waals surface area contributed by atoms with E-state index in [1.165, 1.54) is 0 Å². The van der Waals surface area contributed by atoms with Crippen LogP contribution in [0.2, 0.25) is 0 Å². The van der Waals surface area contributed by atoms with Gasteiger partial charge in [0.05, 0.1) is 23.9 Å². The third-order valence-corrected chi connectivity index (χ3v) is 2.98. The van der Waals surface area contributed by atoms with E-state index < -0.39 is 0 Å². The highest BCUT2D eigenvalue weighted by Crippen LogP contribution is 2.14. The smallest absolute Gasteiger partial charge is 0.0991 e. The number of rotatable bonds is 2. The van der Waals surface area contributed by atoms with Crippen LogP contribution in [-0.4, -0.2) is 43.1 Å². The highest BCUT2D eigenvalue weighted by molar-refractivity contribution is 5.41. The highest BCUT2D eigenvalue weighted by Gasteiger charge is 2.09. The van der Waals surface area contributed by atoms with Crippen molar-refractivity contribution in [2.24, 2.45) is 10.3 Å². The Morgan fingerprint density at radius 3 is 2.61 bits per heavy atom. The van der Waals surface area contributed by atoms with Crippen molar-refractivity contribution in [3.05, 3.63) is 29.8 Å². The van der Waals surface area contributed by atoms with Gasteiger partial charge in [-0.3, -0.25) is 5.01 Å². The molecule has 0 N–H and O–H groups in total. The second-order valence-electron chi connectivity index (χ2n) is 4.46. The zero-order chi connectivity index (χ0) is 12.8. The largest absolute Gasteiger partial charge is 0.304 e. The minimum absolute atomic E-state index is 0.644. The minimum Gasteiger partial charge on any atom is -0.304 e. The number of hydrogen-bond acceptors (Lipinski definition) is 4. The van der Waals surface area contributed by atoms with E-state index in [4.69, 9.17) is 5.26 Å². The van der Waals surface area contributed by atoms with Gasteiger partial charge in [-0.2, -0.15) is 5.26 Å². The molecule has 1 aromatic rings. The summed E-state index contributed by atoms with van der Waals surface area (Å²) in [4.78, 5) is 2.30. The van der Waals surface area contributed by atoms with Crippen LogP contribution in [0.25, 0.3) is 0 Å². The first kappa shape index (κ1) is 12.5. The van der Waals surface area contributed by atoms with Gasteiger partial charge in [-0.05, 0) is 44.3 Å². The van der Waals surface area contributed by atoms with Crippen LogP contribution in [0.3, 0.4) is 0 Å². The van der Waals surface area contributed by atoms with Crippen molar-refractivity contribution in [2.45, 2.75) is 6.42 Å². The van der Waals surface area contributed by atoms with Gasteiger partial charge in [-0.1, -0.05) is 5.22 Å². The summed E-state index contributed by atoms with van der Waals surface area (Å²) in [5.41, 5.74) is 1.43. The predicted octanol–water partition coefficient (Wildman–Crippen LogP) is 2.19. The van der Waals surface area contributed by atoms with Crippen molar-refractivity contribution >= 4 is 5.69 Å². The summed E-state index contributed by atoms with van der Waals surface area (Å²) in [7, 11) is 2.13. The molecule has 1 saturated heterocycles. The summed E-state index contributed by atoms with van der Waals surface area (Å²) in [5.74, 6) is 0. The normalized spacial score (nSPS) is 17.7. The van der Waals surface area contributed by atoms with Crippen LogP contribution in [0, 0.1) is 11.3 Å². The number of benzene rings is 1. The van der Waals surface area contributed by atoms with Crippen molar-refractivity contribution in [1.82, 2.24) is 9.91 Å². The van der Waals surface area contributed by atoms with Crippen LogP contribution in [0.15, 0.2) is 34.6 Å². The average molecular weight is 243 g/mol. The van der Waals surface area contributed by atoms with Crippen LogP contribution in [0.4, 0.5) is 5.69 Å². The highest BCUT2D eigenvalue weighted by atomic mass is 15.5. The summed E-state index contributed by atoms with van der Waals surface area (Å²) in [6, 6.07) is 9.22. The van der Waals surface area contributed by atoms with Crippen molar-refractivity contribution in [1.29, 1.82) is 5.26 Å². The van der Waals surface area contributed by atoms with Gasteiger partial charge < -0.3 is 4.90 Å². The van der Waals surface area contributed by atoms with E-state index in [0.717, 1.165) is 38.3 Å². The molecule has 1 aliphatic heterocycles. The SMILES string of the molecule is CN1CCCN(N=Nc2ccc(C#N)cc2)CC1. The fourth-order valence-electron chi connectivity index (χ4n) is 1.84. The third kappa shape index (κ3) is 3.54. The Hall–Kier alpha value is -1.93. The molecule has 0 bridgehead atoms. The lowest BCUT2D eigenvalue weighted by atomic mass is 10.2. The number of nitrogens with zero attached hydrogens (tertiary/aromatic N) is 5. The second-order valence-corrected chi connectivity index (χ2v) is 4.46. The Morgan fingerprint density at radius 2 is 1.89 bits per heavy atom. The molecule has 1 heterocycles. The quantitative estimate of drug-likeness (QED) is 0.748. The lowest BCUT2D eigenvalue weighted by Gasteiger charge is -2.14. The van der Waals surface area contributed by atoms with E-state index in [0.29, 0.717) is 5.56 Å². The zero-order valence-corrected chi connectivity index (χ0v) is 10.6. The van der Waals surface area contributed by atoms with Gasteiger partial charge in [0.2, 0.25) is 0 Å². The molecule has 5 nitrogen and oxygen atoms in total. The first-order valence-corrected chi connectivity index (χ1v) is 6.13. The van der Waals surface area contributed by atoms with Crippen LogP contribution in [0.1, 0.15) is 12.0 Å². The average Bonchev–Trinajstić information content (AvgIpc) is 2.62. The maximum atomic E-state index is 8.70. The van der Waals surface area contributed by atoms with Gasteiger partial charge in [0.1, 0.15) is 0 Å². The van der Waals surface area contributed by atoms with Crippen molar-refractivity contribution in [2.75, 3.05) is 33.2 Å². The van der Waals surface area contributed by atoms with E-state index in [2.05, 4.69) is 28.4 Å². The molecular formula is C13H17N5. The summed E-state index contributed by atoms with van der Waals surface area (Å²) in [6.07, 6.45) is 1.11. The maximum Gasteiger partial charge on any atom is 0.0991 e.